The summed E-state index contributed by atoms with van der Waals surface area (Å²) in [6, 6.07) is 13.9. The van der Waals surface area contributed by atoms with Crippen molar-refractivity contribution in [1.29, 1.82) is 0 Å². The van der Waals surface area contributed by atoms with E-state index in [4.69, 9.17) is 0 Å². The largest absolute Gasteiger partial charge is 0.329 e. The van der Waals surface area contributed by atoms with Gasteiger partial charge in [0.25, 0.3) is 0 Å². The Bertz CT molecular complexity index is 1130. The molecule has 0 atom stereocenters. The SMILES string of the molecule is Cc1cc(C)cc(-n2c(C)cc(/C=N\NC(=O)C(=O)Nc3ccccc3F)c2C)c1. The van der Waals surface area contributed by atoms with E-state index in [1.807, 2.05) is 19.9 Å². The summed E-state index contributed by atoms with van der Waals surface area (Å²) in [5, 5.41) is 6.09. The standard InChI is InChI=1S/C23H23FN4O2/c1-14-9-15(2)11-19(10-14)28-16(3)12-18(17(28)4)13-25-27-23(30)22(29)26-21-8-6-5-7-20(21)24/h5-13H,1-4H3,(H,26,29)(H,27,30)/b25-13-. The van der Waals surface area contributed by atoms with Gasteiger partial charge in [-0.2, -0.15) is 5.10 Å². The zero-order valence-corrected chi connectivity index (χ0v) is 17.3. The lowest BCUT2D eigenvalue weighted by Gasteiger charge is -2.11. The number of aromatic nitrogens is 1. The fourth-order valence-electron chi connectivity index (χ4n) is 3.35. The van der Waals surface area contributed by atoms with Crippen molar-refractivity contribution < 1.29 is 14.0 Å². The van der Waals surface area contributed by atoms with E-state index in [2.05, 4.69) is 52.5 Å². The predicted octanol–water partition coefficient (Wildman–Crippen LogP) is 3.94. The molecule has 7 heteroatoms. The Labute approximate surface area is 174 Å². The maximum atomic E-state index is 13.6. The van der Waals surface area contributed by atoms with Gasteiger partial charge in [0.1, 0.15) is 5.82 Å². The second kappa shape index (κ2) is 8.73. The van der Waals surface area contributed by atoms with E-state index in [1.54, 1.807) is 6.07 Å². The normalized spacial score (nSPS) is 11.0. The Morgan fingerprint density at radius 2 is 1.63 bits per heavy atom. The van der Waals surface area contributed by atoms with Gasteiger partial charge in [0.2, 0.25) is 0 Å². The van der Waals surface area contributed by atoms with Gasteiger partial charge in [-0.25, -0.2) is 9.82 Å². The summed E-state index contributed by atoms with van der Waals surface area (Å²) < 4.78 is 15.7. The van der Waals surface area contributed by atoms with Crippen molar-refractivity contribution in [2.24, 2.45) is 5.10 Å². The fraction of sp³-hybridized carbons (Fsp3) is 0.174. The third kappa shape index (κ3) is 4.63. The molecule has 0 aliphatic heterocycles. The summed E-state index contributed by atoms with van der Waals surface area (Å²) in [6.07, 6.45) is 1.48. The Balaban J connectivity index is 1.71. The number of anilines is 1. The second-order valence-electron chi connectivity index (χ2n) is 7.14. The van der Waals surface area contributed by atoms with E-state index >= 15 is 0 Å². The zero-order chi connectivity index (χ0) is 21.8. The van der Waals surface area contributed by atoms with E-state index in [9.17, 15) is 14.0 Å². The second-order valence-corrected chi connectivity index (χ2v) is 7.14. The van der Waals surface area contributed by atoms with Crippen LogP contribution in [-0.2, 0) is 9.59 Å². The minimum absolute atomic E-state index is 0.0707. The molecule has 2 amide bonds. The summed E-state index contributed by atoms with van der Waals surface area (Å²) in [7, 11) is 0. The molecule has 0 aliphatic rings. The Hall–Kier alpha value is -3.74. The van der Waals surface area contributed by atoms with E-state index < -0.39 is 17.6 Å². The molecule has 1 heterocycles. The molecule has 0 unspecified atom stereocenters. The van der Waals surface area contributed by atoms with E-state index in [1.165, 1.54) is 35.5 Å². The van der Waals surface area contributed by atoms with Gasteiger partial charge < -0.3 is 9.88 Å². The molecule has 0 bridgehead atoms. The molecule has 0 saturated heterocycles. The first-order valence-corrected chi connectivity index (χ1v) is 9.43. The molecule has 30 heavy (non-hydrogen) atoms. The molecular formula is C23H23FN4O2. The van der Waals surface area contributed by atoms with Crippen LogP contribution in [0.1, 0.15) is 28.1 Å². The highest BCUT2D eigenvalue weighted by molar-refractivity contribution is 6.39. The molecule has 2 aromatic carbocycles. The average Bonchev–Trinajstić information content (AvgIpc) is 2.96. The van der Waals surface area contributed by atoms with Crippen LogP contribution in [-0.4, -0.2) is 22.6 Å². The van der Waals surface area contributed by atoms with Gasteiger partial charge in [-0.05, 0) is 69.2 Å². The van der Waals surface area contributed by atoms with Crippen LogP contribution in [0.4, 0.5) is 10.1 Å². The van der Waals surface area contributed by atoms with Crippen molar-refractivity contribution in [3.8, 4) is 5.69 Å². The van der Waals surface area contributed by atoms with Crippen molar-refractivity contribution >= 4 is 23.7 Å². The minimum Gasteiger partial charge on any atom is -0.318 e. The highest BCUT2D eigenvalue weighted by Gasteiger charge is 2.15. The molecule has 0 aliphatic carbocycles. The van der Waals surface area contributed by atoms with Crippen molar-refractivity contribution in [2.75, 3.05) is 5.32 Å². The number of rotatable bonds is 4. The van der Waals surface area contributed by atoms with Crippen LogP contribution in [0.25, 0.3) is 5.69 Å². The predicted molar refractivity (Wildman–Crippen MR) is 115 cm³/mol. The van der Waals surface area contributed by atoms with Crippen LogP contribution in [0.15, 0.2) is 53.6 Å². The lowest BCUT2D eigenvalue weighted by Crippen LogP contribution is -2.32. The van der Waals surface area contributed by atoms with Gasteiger partial charge in [-0.3, -0.25) is 9.59 Å². The van der Waals surface area contributed by atoms with Crippen LogP contribution >= 0.6 is 0 Å². The van der Waals surface area contributed by atoms with E-state index in [0.29, 0.717) is 0 Å². The van der Waals surface area contributed by atoms with Crippen molar-refractivity contribution in [2.45, 2.75) is 27.7 Å². The number of halogens is 1. The summed E-state index contributed by atoms with van der Waals surface area (Å²) in [4.78, 5) is 23.9. The molecule has 0 spiro atoms. The molecule has 1 aromatic heterocycles. The first-order chi connectivity index (χ1) is 14.3. The summed E-state index contributed by atoms with van der Waals surface area (Å²) in [5.74, 6) is -2.61. The number of nitrogens with one attached hydrogen (secondary N) is 2. The fourth-order valence-corrected chi connectivity index (χ4v) is 3.35. The van der Waals surface area contributed by atoms with Crippen LogP contribution in [0.2, 0.25) is 0 Å². The third-order valence-electron chi connectivity index (χ3n) is 4.63. The smallest absolute Gasteiger partial charge is 0.318 e. The number of para-hydroxylation sites is 1. The van der Waals surface area contributed by atoms with Gasteiger partial charge in [0, 0.05) is 22.6 Å². The van der Waals surface area contributed by atoms with Gasteiger partial charge in [-0.1, -0.05) is 18.2 Å². The van der Waals surface area contributed by atoms with Crippen molar-refractivity contribution in [1.82, 2.24) is 9.99 Å². The van der Waals surface area contributed by atoms with Gasteiger partial charge in [-0.15, -0.1) is 0 Å². The monoisotopic (exact) mass is 406 g/mol. The zero-order valence-electron chi connectivity index (χ0n) is 17.3. The molecule has 3 rings (SSSR count). The maximum absolute atomic E-state index is 13.6. The Morgan fingerprint density at radius 3 is 2.30 bits per heavy atom. The number of hydrogen-bond acceptors (Lipinski definition) is 3. The number of amides is 2. The quantitative estimate of drug-likeness (QED) is 0.391. The lowest BCUT2D eigenvalue weighted by molar-refractivity contribution is -0.136. The first-order valence-electron chi connectivity index (χ1n) is 9.43. The number of carbonyl (C=O) groups is 2. The number of hydrazone groups is 1. The van der Waals surface area contributed by atoms with Crippen LogP contribution in [0, 0.1) is 33.5 Å². The van der Waals surface area contributed by atoms with Gasteiger partial charge >= 0.3 is 11.8 Å². The molecule has 0 saturated carbocycles. The number of hydrogen-bond donors (Lipinski definition) is 2. The summed E-state index contributed by atoms with van der Waals surface area (Å²) >= 11 is 0. The van der Waals surface area contributed by atoms with Crippen molar-refractivity contribution in [3.05, 3.63) is 82.4 Å². The maximum Gasteiger partial charge on any atom is 0.329 e. The van der Waals surface area contributed by atoms with Crippen molar-refractivity contribution in [3.63, 3.8) is 0 Å². The highest BCUT2D eigenvalue weighted by atomic mass is 19.1. The molecule has 3 aromatic rings. The van der Waals surface area contributed by atoms with Crippen LogP contribution in [0.5, 0.6) is 0 Å². The lowest BCUT2D eigenvalue weighted by atomic mass is 10.1. The number of carbonyl (C=O) groups excluding carboxylic acids is 2. The molecular weight excluding hydrogens is 383 g/mol. The van der Waals surface area contributed by atoms with E-state index in [-0.39, 0.29) is 5.69 Å². The topological polar surface area (TPSA) is 75.5 Å². The number of aryl methyl sites for hydroxylation is 3. The highest BCUT2D eigenvalue weighted by Crippen LogP contribution is 2.22. The number of benzene rings is 2. The van der Waals surface area contributed by atoms with Crippen LogP contribution < -0.4 is 10.7 Å². The molecule has 2 N–H and O–H groups in total. The molecule has 0 fully saturated rings. The summed E-state index contributed by atoms with van der Waals surface area (Å²) in [5.41, 5.74) is 8.26. The van der Waals surface area contributed by atoms with Gasteiger partial charge in [0.05, 0.1) is 11.9 Å². The third-order valence-corrected chi connectivity index (χ3v) is 4.63. The van der Waals surface area contributed by atoms with E-state index in [0.717, 1.165) is 22.6 Å². The molecule has 6 nitrogen and oxygen atoms in total. The summed E-state index contributed by atoms with van der Waals surface area (Å²) in [6.45, 7) is 8.05. The molecule has 154 valence electrons. The number of nitrogens with zero attached hydrogens (tertiary/aromatic N) is 2. The van der Waals surface area contributed by atoms with Crippen LogP contribution in [0.3, 0.4) is 0 Å². The first kappa shape index (κ1) is 21.0. The minimum atomic E-state index is -1.00. The average molecular weight is 406 g/mol. The molecule has 0 radical (unpaired) electrons. The Morgan fingerprint density at radius 1 is 0.967 bits per heavy atom. The van der Waals surface area contributed by atoms with Gasteiger partial charge in [0.15, 0.2) is 0 Å². The Kier molecular flexibility index (Phi) is 6.11.